The quantitative estimate of drug-likeness (QED) is 0.897. The summed E-state index contributed by atoms with van der Waals surface area (Å²) in [6.07, 6.45) is 0. The average Bonchev–Trinajstić information content (AvgIpc) is 2.97. The maximum atomic E-state index is 10.8. The molecule has 2 heterocycles. The zero-order valence-corrected chi connectivity index (χ0v) is 11.2. The van der Waals surface area contributed by atoms with E-state index in [0.29, 0.717) is 12.3 Å². The fourth-order valence-corrected chi connectivity index (χ4v) is 1.86. The SMILES string of the molecule is Cc1ccc(CN(C)C(C)c2ccc(C(=O)O)o2)o1. The van der Waals surface area contributed by atoms with E-state index >= 15 is 0 Å². The first kappa shape index (κ1) is 13.4. The molecule has 0 spiro atoms. The number of rotatable bonds is 5. The molecular formula is C14H17NO4. The van der Waals surface area contributed by atoms with Crippen molar-refractivity contribution in [1.82, 2.24) is 4.90 Å². The first-order valence-electron chi connectivity index (χ1n) is 6.06. The van der Waals surface area contributed by atoms with E-state index in [-0.39, 0.29) is 11.8 Å². The molecule has 102 valence electrons. The summed E-state index contributed by atoms with van der Waals surface area (Å²) in [6.45, 7) is 4.50. The summed E-state index contributed by atoms with van der Waals surface area (Å²) in [7, 11) is 1.94. The van der Waals surface area contributed by atoms with E-state index in [1.807, 2.05) is 37.9 Å². The number of nitrogens with zero attached hydrogens (tertiary/aromatic N) is 1. The Hall–Kier alpha value is -2.01. The van der Waals surface area contributed by atoms with Gasteiger partial charge in [-0.05, 0) is 45.2 Å². The predicted octanol–water partition coefficient (Wildman–Crippen LogP) is 3.07. The van der Waals surface area contributed by atoms with Crippen LogP contribution in [0.4, 0.5) is 0 Å². The van der Waals surface area contributed by atoms with Crippen LogP contribution in [0.5, 0.6) is 0 Å². The normalized spacial score (nSPS) is 12.8. The average molecular weight is 263 g/mol. The van der Waals surface area contributed by atoms with Crippen molar-refractivity contribution in [3.05, 3.63) is 47.3 Å². The van der Waals surface area contributed by atoms with Crippen molar-refractivity contribution in [1.29, 1.82) is 0 Å². The zero-order valence-electron chi connectivity index (χ0n) is 11.2. The first-order valence-corrected chi connectivity index (χ1v) is 6.06. The molecule has 5 heteroatoms. The van der Waals surface area contributed by atoms with Crippen LogP contribution in [-0.2, 0) is 6.54 Å². The van der Waals surface area contributed by atoms with Gasteiger partial charge >= 0.3 is 5.97 Å². The Labute approximate surface area is 111 Å². The zero-order chi connectivity index (χ0) is 14.0. The van der Waals surface area contributed by atoms with Crippen LogP contribution < -0.4 is 0 Å². The van der Waals surface area contributed by atoms with Crippen molar-refractivity contribution in [2.24, 2.45) is 0 Å². The van der Waals surface area contributed by atoms with Gasteiger partial charge in [0.2, 0.25) is 5.76 Å². The largest absolute Gasteiger partial charge is 0.475 e. The van der Waals surface area contributed by atoms with Crippen LogP contribution in [0, 0.1) is 6.92 Å². The number of hydrogen-bond acceptors (Lipinski definition) is 4. The Kier molecular flexibility index (Phi) is 3.76. The van der Waals surface area contributed by atoms with Gasteiger partial charge in [-0.15, -0.1) is 0 Å². The van der Waals surface area contributed by atoms with Crippen LogP contribution in [-0.4, -0.2) is 23.0 Å². The summed E-state index contributed by atoms with van der Waals surface area (Å²) in [5.74, 6) is 1.29. The molecule has 5 nitrogen and oxygen atoms in total. The van der Waals surface area contributed by atoms with Gasteiger partial charge in [0.15, 0.2) is 0 Å². The van der Waals surface area contributed by atoms with E-state index in [9.17, 15) is 4.79 Å². The highest BCUT2D eigenvalue weighted by molar-refractivity contribution is 5.84. The molecule has 0 fully saturated rings. The Morgan fingerprint density at radius 1 is 1.32 bits per heavy atom. The molecule has 2 aromatic rings. The molecule has 0 aliphatic rings. The van der Waals surface area contributed by atoms with Gasteiger partial charge in [-0.3, -0.25) is 4.90 Å². The lowest BCUT2D eigenvalue weighted by molar-refractivity contribution is 0.0656. The maximum Gasteiger partial charge on any atom is 0.371 e. The first-order chi connectivity index (χ1) is 8.97. The lowest BCUT2D eigenvalue weighted by Gasteiger charge is -2.21. The fraction of sp³-hybridized carbons (Fsp3) is 0.357. The summed E-state index contributed by atoms with van der Waals surface area (Å²) in [6, 6.07) is 6.99. The number of carbonyl (C=O) groups is 1. The summed E-state index contributed by atoms with van der Waals surface area (Å²) in [5, 5.41) is 8.83. The third-order valence-corrected chi connectivity index (χ3v) is 3.11. The molecule has 0 saturated carbocycles. The number of furan rings is 2. The monoisotopic (exact) mass is 263 g/mol. The smallest absolute Gasteiger partial charge is 0.371 e. The van der Waals surface area contributed by atoms with Crippen molar-refractivity contribution in [2.45, 2.75) is 26.4 Å². The van der Waals surface area contributed by atoms with Gasteiger partial charge in [0.25, 0.3) is 0 Å². The molecule has 1 N–H and O–H groups in total. The molecule has 1 atom stereocenters. The second-order valence-electron chi connectivity index (χ2n) is 4.61. The Morgan fingerprint density at radius 2 is 2.05 bits per heavy atom. The van der Waals surface area contributed by atoms with E-state index in [1.54, 1.807) is 6.07 Å². The lowest BCUT2D eigenvalue weighted by atomic mass is 10.2. The number of carboxylic acids is 1. The highest BCUT2D eigenvalue weighted by Crippen LogP contribution is 2.23. The van der Waals surface area contributed by atoms with Gasteiger partial charge in [0, 0.05) is 0 Å². The van der Waals surface area contributed by atoms with Gasteiger partial charge in [0.1, 0.15) is 17.3 Å². The molecule has 2 rings (SSSR count). The number of carboxylic acid groups (broad SMARTS) is 1. The van der Waals surface area contributed by atoms with E-state index in [1.165, 1.54) is 6.07 Å². The molecule has 0 aliphatic heterocycles. The Bertz CT molecular complexity index is 570. The molecule has 0 saturated heterocycles. The highest BCUT2D eigenvalue weighted by Gasteiger charge is 2.18. The standard InChI is InChI=1S/C14H17NO4/c1-9-4-5-11(18-9)8-15(3)10(2)12-6-7-13(19-12)14(16)17/h4-7,10H,8H2,1-3H3,(H,16,17). The van der Waals surface area contributed by atoms with E-state index in [0.717, 1.165) is 11.5 Å². The summed E-state index contributed by atoms with van der Waals surface area (Å²) in [4.78, 5) is 12.8. The highest BCUT2D eigenvalue weighted by atomic mass is 16.4. The topological polar surface area (TPSA) is 66.8 Å². The minimum absolute atomic E-state index is 0.0292. The molecule has 2 aromatic heterocycles. The van der Waals surface area contributed by atoms with Gasteiger partial charge in [0.05, 0.1) is 12.6 Å². The fourth-order valence-electron chi connectivity index (χ4n) is 1.86. The van der Waals surface area contributed by atoms with Gasteiger partial charge in [-0.1, -0.05) is 0 Å². The molecule has 19 heavy (non-hydrogen) atoms. The second kappa shape index (κ2) is 5.32. The summed E-state index contributed by atoms with van der Waals surface area (Å²) < 4.78 is 10.8. The Balaban J connectivity index is 2.05. The molecule has 0 aromatic carbocycles. The lowest BCUT2D eigenvalue weighted by Crippen LogP contribution is -2.21. The minimum atomic E-state index is -1.05. The van der Waals surface area contributed by atoms with Crippen LogP contribution in [0.25, 0.3) is 0 Å². The van der Waals surface area contributed by atoms with Crippen molar-refractivity contribution in [3.63, 3.8) is 0 Å². The van der Waals surface area contributed by atoms with E-state index in [2.05, 4.69) is 0 Å². The molecular weight excluding hydrogens is 246 g/mol. The summed E-state index contributed by atoms with van der Waals surface area (Å²) >= 11 is 0. The van der Waals surface area contributed by atoms with Crippen molar-refractivity contribution in [3.8, 4) is 0 Å². The molecule has 1 unspecified atom stereocenters. The second-order valence-corrected chi connectivity index (χ2v) is 4.61. The van der Waals surface area contributed by atoms with Crippen LogP contribution in [0.3, 0.4) is 0 Å². The Morgan fingerprint density at radius 3 is 2.58 bits per heavy atom. The van der Waals surface area contributed by atoms with Gasteiger partial charge in [-0.25, -0.2) is 4.79 Å². The summed E-state index contributed by atoms with van der Waals surface area (Å²) in [5.41, 5.74) is 0. The number of aromatic carboxylic acids is 1. The van der Waals surface area contributed by atoms with E-state index in [4.69, 9.17) is 13.9 Å². The van der Waals surface area contributed by atoms with Crippen LogP contribution >= 0.6 is 0 Å². The molecule has 0 aliphatic carbocycles. The van der Waals surface area contributed by atoms with Crippen LogP contribution in [0.2, 0.25) is 0 Å². The number of hydrogen-bond donors (Lipinski definition) is 1. The van der Waals surface area contributed by atoms with Crippen molar-refractivity contribution in [2.75, 3.05) is 7.05 Å². The van der Waals surface area contributed by atoms with Gasteiger partial charge in [-0.2, -0.15) is 0 Å². The molecule has 0 bridgehead atoms. The maximum absolute atomic E-state index is 10.8. The van der Waals surface area contributed by atoms with Crippen molar-refractivity contribution >= 4 is 5.97 Å². The van der Waals surface area contributed by atoms with Crippen LogP contribution in [0.1, 0.15) is 40.8 Å². The number of aryl methyl sites for hydroxylation is 1. The molecule has 0 radical (unpaired) electrons. The third kappa shape index (κ3) is 3.06. The predicted molar refractivity (Wildman–Crippen MR) is 69.0 cm³/mol. The minimum Gasteiger partial charge on any atom is -0.475 e. The van der Waals surface area contributed by atoms with Crippen molar-refractivity contribution < 1.29 is 18.7 Å². The third-order valence-electron chi connectivity index (χ3n) is 3.11. The van der Waals surface area contributed by atoms with E-state index < -0.39 is 5.97 Å². The van der Waals surface area contributed by atoms with Gasteiger partial charge < -0.3 is 13.9 Å². The van der Waals surface area contributed by atoms with Crippen LogP contribution in [0.15, 0.2) is 33.1 Å². The molecule has 0 amide bonds.